The van der Waals surface area contributed by atoms with Crippen molar-refractivity contribution in [2.24, 2.45) is 5.92 Å². The van der Waals surface area contributed by atoms with Gasteiger partial charge in [-0.15, -0.1) is 0 Å². The number of hydrogen-bond donors (Lipinski definition) is 1. The predicted molar refractivity (Wildman–Crippen MR) is 95.1 cm³/mol. The molecule has 0 bridgehead atoms. The summed E-state index contributed by atoms with van der Waals surface area (Å²) in [5.41, 5.74) is 4.38. The first-order valence-corrected chi connectivity index (χ1v) is 9.14. The van der Waals surface area contributed by atoms with E-state index in [2.05, 4.69) is 45.9 Å². The summed E-state index contributed by atoms with van der Waals surface area (Å²) in [5.74, 6) is 1.59. The molecule has 0 fully saturated rings. The second-order valence-corrected chi connectivity index (χ2v) is 7.82. The van der Waals surface area contributed by atoms with Crippen molar-refractivity contribution < 1.29 is 9.84 Å². The molecule has 2 unspecified atom stereocenters. The number of aryl methyl sites for hydroxylation is 1. The fraction of sp³-hybridized carbons (Fsp3) is 0.619. The van der Waals surface area contributed by atoms with Crippen LogP contribution in [0.15, 0.2) is 24.0 Å². The first-order chi connectivity index (χ1) is 10.9. The van der Waals surface area contributed by atoms with Crippen molar-refractivity contribution >= 4 is 5.57 Å². The van der Waals surface area contributed by atoms with Crippen LogP contribution in [0.1, 0.15) is 76.0 Å². The molecule has 0 radical (unpaired) electrons. The molecule has 0 spiro atoms. The summed E-state index contributed by atoms with van der Waals surface area (Å²) in [4.78, 5) is 0. The number of rotatable bonds is 4. The van der Waals surface area contributed by atoms with Crippen LogP contribution in [0.2, 0.25) is 0 Å². The Bertz CT molecular complexity index is 612. The van der Waals surface area contributed by atoms with Crippen molar-refractivity contribution in [1.29, 1.82) is 0 Å². The largest absolute Gasteiger partial charge is 0.487 e. The number of benzene rings is 1. The van der Waals surface area contributed by atoms with E-state index in [0.717, 1.165) is 24.2 Å². The fourth-order valence-electron chi connectivity index (χ4n) is 4.17. The molecule has 1 heterocycles. The van der Waals surface area contributed by atoms with Gasteiger partial charge in [0.05, 0.1) is 6.10 Å². The Labute approximate surface area is 140 Å². The highest BCUT2D eigenvalue weighted by atomic mass is 16.5. The van der Waals surface area contributed by atoms with E-state index in [-0.39, 0.29) is 11.7 Å². The summed E-state index contributed by atoms with van der Waals surface area (Å²) in [5, 5.41) is 10.8. The lowest BCUT2D eigenvalue weighted by molar-refractivity contribution is 0.00850. The minimum absolute atomic E-state index is 0.313. The van der Waals surface area contributed by atoms with Gasteiger partial charge in [0.25, 0.3) is 0 Å². The van der Waals surface area contributed by atoms with Gasteiger partial charge in [0.2, 0.25) is 0 Å². The minimum atomic E-state index is -0.387. The fourth-order valence-corrected chi connectivity index (χ4v) is 4.17. The predicted octanol–water partition coefficient (Wildman–Crippen LogP) is 5.32. The number of unbranched alkanes of at least 4 members (excludes halogenated alkanes) is 2. The molecule has 1 N–H and O–H groups in total. The average Bonchev–Trinajstić information content (AvgIpc) is 2.46. The third-order valence-electron chi connectivity index (χ3n) is 5.37. The van der Waals surface area contributed by atoms with Crippen LogP contribution >= 0.6 is 0 Å². The van der Waals surface area contributed by atoms with Gasteiger partial charge in [-0.05, 0) is 45.1 Å². The van der Waals surface area contributed by atoms with Crippen LogP contribution in [0.5, 0.6) is 0 Å². The van der Waals surface area contributed by atoms with Crippen molar-refractivity contribution in [3.05, 3.63) is 40.6 Å². The quantitative estimate of drug-likeness (QED) is 0.762. The van der Waals surface area contributed by atoms with Crippen molar-refractivity contribution in [1.82, 2.24) is 0 Å². The summed E-state index contributed by atoms with van der Waals surface area (Å²) < 4.78 is 6.37. The molecule has 1 aromatic rings. The topological polar surface area (TPSA) is 29.5 Å². The molecule has 1 aromatic carbocycles. The molecule has 126 valence electrons. The Balaban J connectivity index is 1.93. The van der Waals surface area contributed by atoms with Gasteiger partial charge in [0, 0.05) is 17.6 Å². The van der Waals surface area contributed by atoms with Crippen molar-refractivity contribution in [3.8, 4) is 0 Å². The molecule has 23 heavy (non-hydrogen) atoms. The average molecular weight is 314 g/mol. The molecule has 0 aromatic heterocycles. The Morgan fingerprint density at radius 2 is 2.04 bits per heavy atom. The van der Waals surface area contributed by atoms with Gasteiger partial charge < -0.3 is 9.84 Å². The van der Waals surface area contributed by atoms with Gasteiger partial charge in [-0.25, -0.2) is 0 Å². The smallest absolute Gasteiger partial charge is 0.128 e. The van der Waals surface area contributed by atoms with Crippen molar-refractivity contribution in [2.75, 3.05) is 0 Å². The van der Waals surface area contributed by atoms with Crippen LogP contribution in [0, 0.1) is 12.8 Å². The number of hydrogen-bond acceptors (Lipinski definition) is 2. The molecule has 1 aliphatic heterocycles. The van der Waals surface area contributed by atoms with Crippen molar-refractivity contribution in [2.45, 2.75) is 77.9 Å². The Morgan fingerprint density at radius 3 is 2.78 bits per heavy atom. The summed E-state index contributed by atoms with van der Waals surface area (Å²) in [7, 11) is 0. The molecule has 3 rings (SSSR count). The minimum Gasteiger partial charge on any atom is -0.487 e. The summed E-state index contributed by atoms with van der Waals surface area (Å²) >= 11 is 0. The molecule has 1 aliphatic carbocycles. The molecule has 2 atom stereocenters. The van der Waals surface area contributed by atoms with Crippen LogP contribution in [0.25, 0.3) is 5.57 Å². The molecule has 0 saturated carbocycles. The maximum atomic E-state index is 10.8. The molecular formula is C21H30O2. The van der Waals surface area contributed by atoms with Gasteiger partial charge in [-0.2, -0.15) is 0 Å². The lowest BCUT2D eigenvalue weighted by atomic mass is 9.75. The second kappa shape index (κ2) is 6.32. The highest BCUT2D eigenvalue weighted by Gasteiger charge is 2.39. The Hall–Kier alpha value is -1.28. The molecule has 2 aliphatic rings. The summed E-state index contributed by atoms with van der Waals surface area (Å²) in [6.45, 7) is 8.63. The van der Waals surface area contributed by atoms with E-state index in [4.69, 9.17) is 4.74 Å². The van der Waals surface area contributed by atoms with E-state index in [1.165, 1.54) is 42.4 Å². The van der Waals surface area contributed by atoms with Crippen LogP contribution in [-0.2, 0) is 10.3 Å². The highest BCUT2D eigenvalue weighted by molar-refractivity contribution is 5.76. The normalized spacial score (nSPS) is 25.6. The van der Waals surface area contributed by atoms with Gasteiger partial charge >= 0.3 is 0 Å². The number of ether oxygens (including phenoxy) is 1. The van der Waals surface area contributed by atoms with Crippen molar-refractivity contribution in [3.63, 3.8) is 0 Å². The Morgan fingerprint density at radius 1 is 1.26 bits per heavy atom. The van der Waals surface area contributed by atoms with E-state index in [1.807, 2.05) is 0 Å². The van der Waals surface area contributed by atoms with Crippen LogP contribution < -0.4 is 0 Å². The maximum absolute atomic E-state index is 10.8. The van der Waals surface area contributed by atoms with Crippen LogP contribution in [-0.4, -0.2) is 11.2 Å². The van der Waals surface area contributed by atoms with Gasteiger partial charge in [0.15, 0.2) is 0 Å². The standard InChI is InChI=1S/C21H30O2/c1-5-6-7-8-15-12-18(22)20-16-11-14(2)9-10-17(16)21(3,4)23-19(20)13-15/h9-11,15,18,22H,5-8,12-13H2,1-4H3. The monoisotopic (exact) mass is 314 g/mol. The van der Waals surface area contributed by atoms with E-state index >= 15 is 0 Å². The highest BCUT2D eigenvalue weighted by Crippen LogP contribution is 2.48. The first-order valence-electron chi connectivity index (χ1n) is 9.14. The summed E-state index contributed by atoms with van der Waals surface area (Å²) in [6, 6.07) is 6.52. The third kappa shape index (κ3) is 3.19. The zero-order valence-corrected chi connectivity index (χ0v) is 15.0. The molecule has 2 nitrogen and oxygen atoms in total. The zero-order chi connectivity index (χ0) is 16.6. The molecular weight excluding hydrogens is 284 g/mol. The van der Waals surface area contributed by atoms with E-state index in [1.54, 1.807) is 0 Å². The molecule has 0 amide bonds. The van der Waals surface area contributed by atoms with Gasteiger partial charge in [0.1, 0.15) is 11.4 Å². The lowest BCUT2D eigenvalue weighted by Crippen LogP contribution is -2.34. The van der Waals surface area contributed by atoms with Crippen LogP contribution in [0.4, 0.5) is 0 Å². The Kier molecular flexibility index (Phi) is 4.55. The zero-order valence-electron chi connectivity index (χ0n) is 15.0. The van der Waals surface area contributed by atoms with E-state index < -0.39 is 0 Å². The summed E-state index contributed by atoms with van der Waals surface area (Å²) in [6.07, 6.45) is 6.46. The lowest BCUT2D eigenvalue weighted by Gasteiger charge is -2.42. The number of aliphatic hydroxyl groups excluding tert-OH is 1. The second-order valence-electron chi connectivity index (χ2n) is 7.82. The van der Waals surface area contributed by atoms with E-state index in [9.17, 15) is 5.11 Å². The molecule has 2 heteroatoms. The number of fused-ring (bicyclic) bond motifs is 2. The first kappa shape index (κ1) is 16.6. The van der Waals surface area contributed by atoms with Crippen LogP contribution in [0.3, 0.4) is 0 Å². The van der Waals surface area contributed by atoms with Gasteiger partial charge in [-0.1, -0.05) is 49.9 Å². The number of allylic oxidation sites excluding steroid dienone is 1. The van der Waals surface area contributed by atoms with Gasteiger partial charge in [-0.3, -0.25) is 0 Å². The SMILES string of the molecule is CCCCCC1CC2=C(c3cc(C)ccc3C(C)(C)O2)C(O)C1. The van der Waals surface area contributed by atoms with E-state index in [0.29, 0.717) is 5.92 Å². The third-order valence-corrected chi connectivity index (χ3v) is 5.37. The molecule has 0 saturated heterocycles. The number of aliphatic hydroxyl groups is 1. The maximum Gasteiger partial charge on any atom is 0.128 e.